The number of methoxy groups -OCH3 is 1. The molecule has 1 aliphatic rings. The Morgan fingerprint density at radius 3 is 2.84 bits per heavy atom. The zero-order valence-electron chi connectivity index (χ0n) is 11.2. The van der Waals surface area contributed by atoms with E-state index in [-0.39, 0.29) is 11.3 Å². The van der Waals surface area contributed by atoms with Crippen LogP contribution in [0.3, 0.4) is 0 Å². The highest BCUT2D eigenvalue weighted by molar-refractivity contribution is 9.11. The molecule has 2 rings (SSSR count). The molecule has 1 fully saturated rings. The van der Waals surface area contributed by atoms with Crippen LogP contribution in [0.5, 0.6) is 5.75 Å². The van der Waals surface area contributed by atoms with Crippen molar-refractivity contribution in [3.8, 4) is 5.75 Å². The van der Waals surface area contributed by atoms with Crippen LogP contribution in [-0.4, -0.2) is 32.7 Å². The molecule has 106 valence electrons. The van der Waals surface area contributed by atoms with Gasteiger partial charge in [-0.3, -0.25) is 4.79 Å². The van der Waals surface area contributed by atoms with Crippen molar-refractivity contribution in [2.45, 2.75) is 19.8 Å². The van der Waals surface area contributed by atoms with E-state index in [0.717, 1.165) is 36.3 Å². The predicted octanol–water partition coefficient (Wildman–Crippen LogP) is 2.64. The van der Waals surface area contributed by atoms with E-state index in [9.17, 15) is 4.79 Å². The minimum absolute atomic E-state index is 0.0197. The van der Waals surface area contributed by atoms with E-state index >= 15 is 0 Å². The molecule has 0 spiro atoms. The van der Waals surface area contributed by atoms with Gasteiger partial charge in [-0.25, -0.2) is 0 Å². The second kappa shape index (κ2) is 6.24. The number of piperidine rings is 1. The molecule has 2 N–H and O–H groups in total. The summed E-state index contributed by atoms with van der Waals surface area (Å²) in [6.45, 7) is 5.03. The Bertz CT molecular complexity index is 455. The molecule has 0 radical (unpaired) electrons. The fraction of sp³-hybridized carbons (Fsp3) is 0.615. The molecule has 0 saturated carbocycles. The number of carbonyl (C=O) groups excluding carboxylic acids is 1. The second-order valence-electron chi connectivity index (χ2n) is 5.20. The first kappa shape index (κ1) is 14.8. The number of halogens is 1. The van der Waals surface area contributed by atoms with E-state index in [1.165, 1.54) is 11.3 Å². The van der Waals surface area contributed by atoms with Crippen LogP contribution in [0.4, 0.5) is 0 Å². The molecule has 2 heterocycles. The van der Waals surface area contributed by atoms with E-state index < -0.39 is 0 Å². The highest BCUT2D eigenvalue weighted by Crippen LogP contribution is 2.34. The predicted molar refractivity (Wildman–Crippen MR) is 81.1 cm³/mol. The van der Waals surface area contributed by atoms with Crippen LogP contribution in [0.15, 0.2) is 9.85 Å². The average molecular weight is 347 g/mol. The maximum Gasteiger partial charge on any atom is 0.261 e. The minimum Gasteiger partial charge on any atom is -0.495 e. The lowest BCUT2D eigenvalue weighted by atomic mass is 9.81. The molecular formula is C13H19BrN2O2S. The molecule has 0 unspecified atom stereocenters. The Labute approximate surface area is 126 Å². The van der Waals surface area contributed by atoms with Crippen LogP contribution < -0.4 is 15.4 Å². The van der Waals surface area contributed by atoms with Crippen LogP contribution in [0, 0.1) is 5.41 Å². The monoisotopic (exact) mass is 346 g/mol. The Balaban J connectivity index is 1.93. The molecule has 1 aliphatic heterocycles. The molecule has 0 aromatic carbocycles. The first-order chi connectivity index (χ1) is 9.04. The van der Waals surface area contributed by atoms with Crippen molar-refractivity contribution in [3.63, 3.8) is 0 Å². The van der Waals surface area contributed by atoms with Gasteiger partial charge in [-0.15, -0.1) is 11.3 Å². The molecule has 6 heteroatoms. The molecule has 4 nitrogen and oxygen atoms in total. The molecule has 0 bridgehead atoms. The topological polar surface area (TPSA) is 50.4 Å². The van der Waals surface area contributed by atoms with E-state index in [1.807, 2.05) is 0 Å². The van der Waals surface area contributed by atoms with E-state index in [4.69, 9.17) is 4.74 Å². The summed E-state index contributed by atoms with van der Waals surface area (Å²) in [6.07, 6.45) is 2.20. The quantitative estimate of drug-likeness (QED) is 0.880. The number of ether oxygens (including phenoxy) is 1. The van der Waals surface area contributed by atoms with Gasteiger partial charge < -0.3 is 15.4 Å². The maximum absolute atomic E-state index is 12.1. The number of amides is 1. The van der Waals surface area contributed by atoms with Crippen molar-refractivity contribution < 1.29 is 9.53 Å². The Kier molecular flexibility index (Phi) is 4.86. The summed E-state index contributed by atoms with van der Waals surface area (Å²) < 4.78 is 6.02. The molecule has 1 aromatic rings. The summed E-state index contributed by atoms with van der Waals surface area (Å²) in [7, 11) is 1.60. The van der Waals surface area contributed by atoms with Crippen molar-refractivity contribution >= 4 is 33.2 Å². The lowest BCUT2D eigenvalue weighted by Gasteiger charge is -2.34. The molecular weight excluding hydrogens is 328 g/mol. The Morgan fingerprint density at radius 1 is 1.58 bits per heavy atom. The largest absolute Gasteiger partial charge is 0.495 e. The maximum atomic E-state index is 12.1. The minimum atomic E-state index is -0.0197. The second-order valence-corrected chi connectivity index (χ2v) is 7.57. The first-order valence-electron chi connectivity index (χ1n) is 6.36. The number of thiophene rings is 1. The summed E-state index contributed by atoms with van der Waals surface area (Å²) in [5.41, 5.74) is 0.208. The fourth-order valence-corrected chi connectivity index (χ4v) is 3.76. The van der Waals surface area contributed by atoms with E-state index in [0.29, 0.717) is 10.6 Å². The molecule has 0 aliphatic carbocycles. The van der Waals surface area contributed by atoms with Gasteiger partial charge in [0.2, 0.25) is 0 Å². The van der Waals surface area contributed by atoms with Crippen LogP contribution in [0.2, 0.25) is 0 Å². The molecule has 0 atom stereocenters. The van der Waals surface area contributed by atoms with Gasteiger partial charge in [-0.1, -0.05) is 6.92 Å². The summed E-state index contributed by atoms with van der Waals surface area (Å²) in [5.74, 6) is 0.692. The average Bonchev–Trinajstić information content (AvgIpc) is 2.78. The third-order valence-electron chi connectivity index (χ3n) is 3.59. The fourth-order valence-electron chi connectivity index (χ4n) is 2.19. The molecule has 1 aromatic heterocycles. The van der Waals surface area contributed by atoms with Crippen molar-refractivity contribution in [1.82, 2.24) is 10.6 Å². The zero-order chi connectivity index (χ0) is 13.9. The van der Waals surface area contributed by atoms with Crippen LogP contribution >= 0.6 is 27.3 Å². The summed E-state index contributed by atoms with van der Waals surface area (Å²) in [6, 6.07) is 1.77. The summed E-state index contributed by atoms with van der Waals surface area (Å²) in [4.78, 5) is 12.8. The van der Waals surface area contributed by atoms with Gasteiger partial charge in [0.05, 0.1) is 12.0 Å². The number of carbonyl (C=O) groups is 1. The zero-order valence-corrected chi connectivity index (χ0v) is 13.6. The summed E-state index contributed by atoms with van der Waals surface area (Å²) >= 11 is 4.79. The summed E-state index contributed by atoms with van der Waals surface area (Å²) in [5, 5.41) is 6.39. The standard InChI is InChI=1S/C13H19BrN2O2S/c1-13(3-5-15-6-4-13)8-16-12(17)10-7-9(18-2)11(14)19-10/h7,15H,3-6,8H2,1-2H3,(H,16,17). The normalized spacial score (nSPS) is 18.1. The Morgan fingerprint density at radius 2 is 2.26 bits per heavy atom. The number of hydrogen-bond acceptors (Lipinski definition) is 4. The lowest BCUT2D eigenvalue weighted by molar-refractivity contribution is 0.0926. The SMILES string of the molecule is COc1cc(C(=O)NCC2(C)CCNCC2)sc1Br. The van der Waals surface area contributed by atoms with Gasteiger partial charge in [-0.05, 0) is 47.3 Å². The van der Waals surface area contributed by atoms with Crippen LogP contribution in [0.1, 0.15) is 29.4 Å². The third kappa shape index (κ3) is 3.70. The molecule has 19 heavy (non-hydrogen) atoms. The lowest BCUT2D eigenvalue weighted by Crippen LogP contribution is -2.42. The van der Waals surface area contributed by atoms with Crippen molar-refractivity contribution in [2.24, 2.45) is 5.41 Å². The van der Waals surface area contributed by atoms with Crippen molar-refractivity contribution in [1.29, 1.82) is 0 Å². The highest BCUT2D eigenvalue weighted by atomic mass is 79.9. The third-order valence-corrected chi connectivity index (χ3v) is 5.37. The number of hydrogen-bond donors (Lipinski definition) is 2. The molecule has 1 saturated heterocycles. The number of rotatable bonds is 4. The van der Waals surface area contributed by atoms with Gasteiger partial charge in [-0.2, -0.15) is 0 Å². The van der Waals surface area contributed by atoms with Crippen molar-refractivity contribution in [2.75, 3.05) is 26.7 Å². The van der Waals surface area contributed by atoms with Gasteiger partial charge in [0.25, 0.3) is 5.91 Å². The van der Waals surface area contributed by atoms with Crippen LogP contribution in [0.25, 0.3) is 0 Å². The Hall–Kier alpha value is -0.590. The number of nitrogens with one attached hydrogen (secondary N) is 2. The highest BCUT2D eigenvalue weighted by Gasteiger charge is 2.27. The van der Waals surface area contributed by atoms with Gasteiger partial charge in [0, 0.05) is 12.6 Å². The molecule has 1 amide bonds. The van der Waals surface area contributed by atoms with E-state index in [2.05, 4.69) is 33.5 Å². The van der Waals surface area contributed by atoms with Crippen LogP contribution in [-0.2, 0) is 0 Å². The van der Waals surface area contributed by atoms with Gasteiger partial charge >= 0.3 is 0 Å². The first-order valence-corrected chi connectivity index (χ1v) is 7.97. The van der Waals surface area contributed by atoms with Gasteiger partial charge in [0.1, 0.15) is 9.54 Å². The van der Waals surface area contributed by atoms with Gasteiger partial charge in [0.15, 0.2) is 0 Å². The van der Waals surface area contributed by atoms with Crippen molar-refractivity contribution in [3.05, 3.63) is 14.7 Å². The smallest absolute Gasteiger partial charge is 0.261 e. The van der Waals surface area contributed by atoms with E-state index in [1.54, 1.807) is 13.2 Å².